The van der Waals surface area contributed by atoms with Crippen LogP contribution in [-0.2, 0) is 14.5 Å². The minimum absolute atomic E-state index is 0.0123. The highest BCUT2D eigenvalue weighted by molar-refractivity contribution is 7.92. The van der Waals surface area contributed by atoms with Gasteiger partial charge in [0.05, 0.1) is 36.4 Å². The van der Waals surface area contributed by atoms with E-state index in [2.05, 4.69) is 34.9 Å². The van der Waals surface area contributed by atoms with Crippen molar-refractivity contribution in [1.29, 1.82) is 0 Å². The van der Waals surface area contributed by atoms with Crippen LogP contribution in [0.3, 0.4) is 0 Å². The first-order valence-electron chi connectivity index (χ1n) is 12.5. The minimum atomic E-state index is -2.48. The molecule has 0 saturated heterocycles. The van der Waals surface area contributed by atoms with Crippen LogP contribution in [0, 0.1) is 5.92 Å². The molecule has 0 atom stereocenters. The molecule has 36 heavy (non-hydrogen) atoms. The van der Waals surface area contributed by atoms with Crippen LogP contribution in [-0.4, -0.2) is 55.5 Å². The first kappa shape index (κ1) is 21.4. The number of amides is 1. The Morgan fingerprint density at radius 2 is 2.00 bits per heavy atom. The van der Waals surface area contributed by atoms with E-state index >= 15 is 0 Å². The van der Waals surface area contributed by atoms with E-state index in [1.54, 1.807) is 6.07 Å². The fraction of sp³-hybridized carbons (Fsp3) is 0.333. The quantitative estimate of drug-likeness (QED) is 0.406. The molecule has 4 rings (SSSR count). The Bertz CT molecular complexity index is 1530. The maximum absolute atomic E-state index is 12.9. The Balaban J connectivity index is 1.71. The summed E-state index contributed by atoms with van der Waals surface area (Å²) < 4.78 is 44.0. The zero-order valence-electron chi connectivity index (χ0n) is 22.9. The number of carbonyl (C=O) groups is 2. The number of hydrogen-bond acceptors (Lipinski definition) is 10. The summed E-state index contributed by atoms with van der Waals surface area (Å²) in [6.07, 6.45) is 9.44. The van der Waals surface area contributed by atoms with Gasteiger partial charge in [0.1, 0.15) is 5.82 Å². The number of hydrogen-bond donors (Lipinski definition) is 2. The molecule has 3 aromatic heterocycles. The number of nitrogens with one attached hydrogen (secondary N) is 2. The van der Waals surface area contributed by atoms with Crippen molar-refractivity contribution in [2.45, 2.75) is 26.1 Å². The molecule has 2 N–H and O–H groups in total. The summed E-state index contributed by atoms with van der Waals surface area (Å²) in [5.74, 6) is -0.0268. The van der Waals surface area contributed by atoms with Gasteiger partial charge in [-0.05, 0) is 18.9 Å². The van der Waals surface area contributed by atoms with Crippen molar-refractivity contribution in [2.75, 3.05) is 30.3 Å². The average molecular weight is 513 g/mol. The molecule has 1 aliphatic carbocycles. The lowest BCUT2D eigenvalue weighted by Crippen LogP contribution is -2.15. The predicted molar refractivity (Wildman–Crippen MR) is 137 cm³/mol. The molecule has 11 nitrogen and oxygen atoms in total. The zero-order valence-corrected chi connectivity index (χ0v) is 20.8. The maximum Gasteiger partial charge on any atom is 0.228 e. The average Bonchev–Trinajstić information content (AvgIpc) is 3.68. The van der Waals surface area contributed by atoms with Gasteiger partial charge >= 0.3 is 0 Å². The Hall–Kier alpha value is -3.93. The molecule has 1 amide bonds. The van der Waals surface area contributed by atoms with E-state index in [0.717, 1.165) is 12.8 Å². The summed E-state index contributed by atoms with van der Waals surface area (Å²) in [5, 5.41) is 5.75. The number of nitrogens with zero attached hydrogens (tertiary/aromatic N) is 5. The number of aromatic nitrogens is 4. The molecule has 0 aromatic carbocycles. The fourth-order valence-electron chi connectivity index (χ4n) is 3.32. The summed E-state index contributed by atoms with van der Waals surface area (Å²) in [4.78, 5) is 42.2. The van der Waals surface area contributed by atoms with Crippen molar-refractivity contribution >= 4 is 44.6 Å². The number of pyridine rings is 2. The Morgan fingerprint density at radius 3 is 2.64 bits per heavy atom. The SMILES string of the molecule is [2H]C([2H])([2H])CC(=O)c1cnc(NC(=O)C2CC2)cc1Nc1nccc(-c2cnc(N=S(C)(C)=O)cn2)c1OC. The van der Waals surface area contributed by atoms with Gasteiger partial charge in [-0.2, -0.15) is 4.36 Å². The van der Waals surface area contributed by atoms with Gasteiger partial charge in [-0.25, -0.2) is 19.2 Å². The zero-order chi connectivity index (χ0) is 28.4. The fourth-order valence-corrected chi connectivity index (χ4v) is 3.87. The van der Waals surface area contributed by atoms with Crippen molar-refractivity contribution < 1.29 is 22.6 Å². The van der Waals surface area contributed by atoms with Crippen LogP contribution in [0.15, 0.2) is 41.3 Å². The van der Waals surface area contributed by atoms with Crippen LogP contribution in [0.5, 0.6) is 5.75 Å². The number of ketones is 1. The monoisotopic (exact) mass is 512 g/mol. The Morgan fingerprint density at radius 1 is 1.19 bits per heavy atom. The van der Waals surface area contributed by atoms with Crippen LogP contribution in [0.2, 0.25) is 0 Å². The van der Waals surface area contributed by atoms with Crippen molar-refractivity contribution in [1.82, 2.24) is 19.9 Å². The largest absolute Gasteiger partial charge is 0.492 e. The molecular formula is C24H27N7O4S. The summed E-state index contributed by atoms with van der Waals surface area (Å²) in [6.45, 7) is -2.48. The van der Waals surface area contributed by atoms with Gasteiger partial charge in [0, 0.05) is 62.7 Å². The molecule has 3 aromatic rings. The van der Waals surface area contributed by atoms with Gasteiger partial charge in [-0.3, -0.25) is 14.6 Å². The molecule has 0 bridgehead atoms. The molecule has 0 spiro atoms. The van der Waals surface area contributed by atoms with Gasteiger partial charge in [0.25, 0.3) is 0 Å². The van der Waals surface area contributed by atoms with Gasteiger partial charge < -0.3 is 15.4 Å². The van der Waals surface area contributed by atoms with Crippen LogP contribution >= 0.6 is 0 Å². The molecular weight excluding hydrogens is 482 g/mol. The summed E-state index contributed by atoms with van der Waals surface area (Å²) in [6, 6.07) is 3.10. The van der Waals surface area contributed by atoms with E-state index in [4.69, 9.17) is 8.85 Å². The first-order valence-corrected chi connectivity index (χ1v) is 13.3. The van der Waals surface area contributed by atoms with E-state index in [1.807, 2.05) is 0 Å². The molecule has 188 valence electrons. The van der Waals surface area contributed by atoms with Gasteiger partial charge in [0.15, 0.2) is 23.2 Å². The van der Waals surface area contributed by atoms with Gasteiger partial charge in [-0.1, -0.05) is 6.85 Å². The minimum Gasteiger partial charge on any atom is -0.492 e. The summed E-state index contributed by atoms with van der Waals surface area (Å²) in [5.41, 5.74) is 1.13. The number of rotatable bonds is 9. The smallest absolute Gasteiger partial charge is 0.228 e. The van der Waals surface area contributed by atoms with Crippen molar-refractivity contribution in [3.8, 4) is 17.0 Å². The third-order valence-electron chi connectivity index (χ3n) is 5.15. The number of anilines is 3. The van der Waals surface area contributed by atoms with Crippen molar-refractivity contribution in [2.24, 2.45) is 10.3 Å². The third-order valence-corrected chi connectivity index (χ3v) is 5.78. The Kier molecular flexibility index (Phi) is 6.15. The van der Waals surface area contributed by atoms with E-state index < -0.39 is 28.8 Å². The maximum atomic E-state index is 12.9. The van der Waals surface area contributed by atoms with E-state index in [-0.39, 0.29) is 46.3 Å². The lowest BCUT2D eigenvalue weighted by Gasteiger charge is -2.16. The summed E-state index contributed by atoms with van der Waals surface area (Å²) in [7, 11) is -0.979. The van der Waals surface area contributed by atoms with E-state index in [1.165, 1.54) is 50.5 Å². The number of ether oxygens (including phenoxy) is 1. The Labute approximate surface area is 213 Å². The second kappa shape index (κ2) is 10.4. The van der Waals surface area contributed by atoms with E-state index in [0.29, 0.717) is 11.3 Å². The normalized spacial score (nSPS) is 14.7. The highest BCUT2D eigenvalue weighted by Crippen LogP contribution is 2.37. The number of carbonyl (C=O) groups excluding carboxylic acids is 2. The third kappa shape index (κ3) is 6.00. The standard InChI is InChI=1S/C24H27N7O4S/c1-5-19(32)16-11-27-20(30-24(33)14-6-7-14)10-17(16)29-23-22(35-2)15(8-9-25-23)18-12-28-21(13-26-18)31-36(3,4)34/h8-14H,5-7H2,1-4H3,(H2,25,27,29,30,33)/i1D3. The van der Waals surface area contributed by atoms with Crippen LogP contribution < -0.4 is 15.4 Å². The molecule has 3 heterocycles. The molecule has 0 aliphatic heterocycles. The van der Waals surface area contributed by atoms with Crippen LogP contribution in [0.25, 0.3) is 11.3 Å². The predicted octanol–water partition coefficient (Wildman–Crippen LogP) is 3.99. The van der Waals surface area contributed by atoms with Gasteiger partial charge in [0.2, 0.25) is 5.91 Å². The highest BCUT2D eigenvalue weighted by atomic mass is 32.2. The number of Topliss-reactive ketones (excluding diaryl/α,β-unsaturated/α-hetero) is 1. The second-order valence-corrected chi connectivity index (χ2v) is 10.9. The number of methoxy groups -OCH3 is 1. The van der Waals surface area contributed by atoms with Crippen molar-refractivity contribution in [3.63, 3.8) is 0 Å². The van der Waals surface area contributed by atoms with Crippen LogP contribution in [0.1, 0.15) is 40.6 Å². The lowest BCUT2D eigenvalue weighted by atomic mass is 10.1. The molecule has 1 saturated carbocycles. The summed E-state index contributed by atoms with van der Waals surface area (Å²) >= 11 is 0. The van der Waals surface area contributed by atoms with Crippen molar-refractivity contribution in [3.05, 3.63) is 42.5 Å². The highest BCUT2D eigenvalue weighted by Gasteiger charge is 2.30. The molecule has 12 heteroatoms. The first-order chi connectivity index (χ1) is 18.3. The molecule has 1 fully saturated rings. The van der Waals surface area contributed by atoms with E-state index in [9.17, 15) is 13.8 Å². The molecule has 0 unspecified atom stereocenters. The second-order valence-electron chi connectivity index (χ2n) is 8.38. The van der Waals surface area contributed by atoms with Crippen LogP contribution in [0.4, 0.5) is 23.1 Å². The molecule has 0 radical (unpaired) electrons. The molecule has 1 aliphatic rings. The lowest BCUT2D eigenvalue weighted by molar-refractivity contribution is -0.117. The van der Waals surface area contributed by atoms with Gasteiger partial charge in [-0.15, -0.1) is 0 Å². The topological polar surface area (TPSA) is 148 Å².